The highest BCUT2D eigenvalue weighted by Gasteiger charge is 2.30. The summed E-state index contributed by atoms with van der Waals surface area (Å²) in [6.07, 6.45) is 0.528. The number of hydrogen-bond donors (Lipinski definition) is 2. The molecule has 0 radical (unpaired) electrons. The highest BCUT2D eigenvalue weighted by Crippen LogP contribution is 2.13. The minimum absolute atomic E-state index is 0.144. The number of ether oxygens (including phenoxy) is 1. The van der Waals surface area contributed by atoms with E-state index in [0.29, 0.717) is 19.6 Å². The summed E-state index contributed by atoms with van der Waals surface area (Å²) in [4.78, 5) is 11.4. The lowest BCUT2D eigenvalue weighted by Gasteiger charge is -2.34. The van der Waals surface area contributed by atoms with Gasteiger partial charge < -0.3 is 10.1 Å². The van der Waals surface area contributed by atoms with Crippen LogP contribution >= 0.6 is 0 Å². The average molecular weight is 293 g/mol. The third-order valence-corrected chi connectivity index (χ3v) is 4.20. The van der Waals surface area contributed by atoms with Crippen LogP contribution in [0.25, 0.3) is 0 Å². The smallest absolute Gasteiger partial charge is 0.280 e. The molecule has 0 aromatic heterocycles. The molecule has 7 nitrogen and oxygen atoms in total. The summed E-state index contributed by atoms with van der Waals surface area (Å²) in [5.74, 6) is -0.320. The van der Waals surface area contributed by atoms with Crippen LogP contribution in [0.3, 0.4) is 0 Å². The van der Waals surface area contributed by atoms with E-state index in [9.17, 15) is 13.2 Å². The number of rotatable bonds is 6. The van der Waals surface area contributed by atoms with Gasteiger partial charge >= 0.3 is 0 Å². The number of nitrogens with one attached hydrogen (secondary N) is 2. The SMILES string of the molecule is CCCNC(=O)CNS(=O)(=O)N1CC(C)OC(C)C1. The van der Waals surface area contributed by atoms with Crippen LogP contribution in [0.1, 0.15) is 27.2 Å². The Balaban J connectivity index is 2.49. The van der Waals surface area contributed by atoms with Crippen LogP contribution in [0, 0.1) is 0 Å². The number of carbonyl (C=O) groups is 1. The van der Waals surface area contributed by atoms with E-state index in [0.717, 1.165) is 6.42 Å². The summed E-state index contributed by atoms with van der Waals surface area (Å²) in [6.45, 7) is 6.50. The first-order valence-electron chi connectivity index (χ1n) is 6.52. The molecular weight excluding hydrogens is 270 g/mol. The van der Waals surface area contributed by atoms with Crippen LogP contribution in [-0.2, 0) is 19.7 Å². The van der Waals surface area contributed by atoms with Crippen LogP contribution < -0.4 is 10.0 Å². The predicted molar refractivity (Wildman–Crippen MR) is 71.8 cm³/mol. The van der Waals surface area contributed by atoms with Crippen LogP contribution in [-0.4, -0.2) is 57.0 Å². The van der Waals surface area contributed by atoms with Crippen LogP contribution in [0.15, 0.2) is 0 Å². The fourth-order valence-electron chi connectivity index (χ4n) is 1.90. The molecule has 2 unspecified atom stereocenters. The summed E-state index contributed by atoms with van der Waals surface area (Å²) >= 11 is 0. The number of morpholine rings is 1. The zero-order valence-corrected chi connectivity index (χ0v) is 12.5. The van der Waals surface area contributed by atoms with E-state index in [-0.39, 0.29) is 24.7 Å². The Morgan fingerprint density at radius 3 is 2.42 bits per heavy atom. The van der Waals surface area contributed by atoms with E-state index >= 15 is 0 Å². The van der Waals surface area contributed by atoms with Gasteiger partial charge in [-0.3, -0.25) is 4.79 Å². The molecule has 1 heterocycles. The third-order valence-electron chi connectivity index (χ3n) is 2.71. The van der Waals surface area contributed by atoms with Gasteiger partial charge in [0.05, 0.1) is 18.8 Å². The average Bonchev–Trinajstić information content (AvgIpc) is 2.32. The zero-order valence-electron chi connectivity index (χ0n) is 11.7. The van der Waals surface area contributed by atoms with E-state index in [4.69, 9.17) is 4.74 Å². The molecule has 2 atom stereocenters. The Bertz CT molecular complexity index is 389. The molecule has 1 rings (SSSR count). The van der Waals surface area contributed by atoms with Crippen LogP contribution in [0.2, 0.25) is 0 Å². The molecule has 2 N–H and O–H groups in total. The number of carbonyl (C=O) groups excluding carboxylic acids is 1. The summed E-state index contributed by atoms with van der Waals surface area (Å²) in [5, 5.41) is 2.62. The Hall–Kier alpha value is -0.700. The van der Waals surface area contributed by atoms with Gasteiger partial charge in [-0.25, -0.2) is 0 Å². The van der Waals surface area contributed by atoms with E-state index in [1.54, 1.807) is 0 Å². The summed E-state index contributed by atoms with van der Waals surface area (Å²) in [7, 11) is -3.63. The van der Waals surface area contributed by atoms with Gasteiger partial charge in [0, 0.05) is 19.6 Å². The number of nitrogens with zero attached hydrogens (tertiary/aromatic N) is 1. The van der Waals surface area contributed by atoms with Crippen molar-refractivity contribution in [2.45, 2.75) is 39.4 Å². The summed E-state index contributed by atoms with van der Waals surface area (Å²) in [5.41, 5.74) is 0. The normalized spacial score (nSPS) is 25.2. The molecule has 1 aliphatic heterocycles. The lowest BCUT2D eigenvalue weighted by atomic mass is 10.3. The lowest BCUT2D eigenvalue weighted by molar-refractivity contribution is -0.119. The van der Waals surface area contributed by atoms with Crippen molar-refractivity contribution in [2.75, 3.05) is 26.2 Å². The predicted octanol–water partition coefficient (Wildman–Crippen LogP) is -0.544. The van der Waals surface area contributed by atoms with Crippen molar-refractivity contribution in [3.05, 3.63) is 0 Å². The van der Waals surface area contributed by atoms with Gasteiger partial charge in [-0.15, -0.1) is 0 Å². The summed E-state index contributed by atoms with van der Waals surface area (Å²) in [6, 6.07) is 0. The molecule has 19 heavy (non-hydrogen) atoms. The number of amides is 1. The topological polar surface area (TPSA) is 87.7 Å². The van der Waals surface area contributed by atoms with Gasteiger partial charge in [-0.1, -0.05) is 6.92 Å². The van der Waals surface area contributed by atoms with Gasteiger partial charge in [0.15, 0.2) is 0 Å². The van der Waals surface area contributed by atoms with Gasteiger partial charge in [0.2, 0.25) is 5.91 Å². The molecule has 1 fully saturated rings. The fourth-order valence-corrected chi connectivity index (χ4v) is 3.21. The molecule has 0 aliphatic carbocycles. The van der Waals surface area contributed by atoms with Crippen LogP contribution in [0.4, 0.5) is 0 Å². The molecule has 0 aromatic rings. The van der Waals surface area contributed by atoms with Crippen molar-refractivity contribution in [2.24, 2.45) is 0 Å². The van der Waals surface area contributed by atoms with Gasteiger partial charge in [0.25, 0.3) is 10.2 Å². The molecule has 0 spiro atoms. The highest BCUT2D eigenvalue weighted by atomic mass is 32.2. The molecule has 0 bridgehead atoms. The van der Waals surface area contributed by atoms with Gasteiger partial charge in [-0.05, 0) is 20.3 Å². The first kappa shape index (κ1) is 16.4. The van der Waals surface area contributed by atoms with Crippen molar-refractivity contribution >= 4 is 16.1 Å². The third kappa shape index (κ3) is 5.43. The molecule has 112 valence electrons. The van der Waals surface area contributed by atoms with Crippen LogP contribution in [0.5, 0.6) is 0 Å². The second-order valence-electron chi connectivity index (χ2n) is 4.75. The Labute approximate surface area is 114 Å². The van der Waals surface area contributed by atoms with Crippen molar-refractivity contribution in [3.63, 3.8) is 0 Å². The van der Waals surface area contributed by atoms with Gasteiger partial charge in [0.1, 0.15) is 0 Å². The molecule has 8 heteroatoms. The largest absolute Gasteiger partial charge is 0.373 e. The minimum atomic E-state index is -3.63. The molecular formula is C11H23N3O4S. The minimum Gasteiger partial charge on any atom is -0.373 e. The van der Waals surface area contributed by atoms with Gasteiger partial charge in [-0.2, -0.15) is 17.4 Å². The van der Waals surface area contributed by atoms with E-state index in [1.807, 2.05) is 20.8 Å². The summed E-state index contributed by atoms with van der Waals surface area (Å²) < 4.78 is 33.2. The number of hydrogen-bond acceptors (Lipinski definition) is 4. The molecule has 0 aromatic carbocycles. The first-order valence-corrected chi connectivity index (χ1v) is 7.96. The standard InChI is InChI=1S/C11H23N3O4S/c1-4-5-12-11(15)6-13-19(16,17)14-7-9(2)18-10(3)8-14/h9-10,13H,4-8H2,1-3H3,(H,12,15). The van der Waals surface area contributed by atoms with Crippen molar-refractivity contribution in [3.8, 4) is 0 Å². The molecule has 1 aliphatic rings. The Morgan fingerprint density at radius 1 is 1.32 bits per heavy atom. The lowest BCUT2D eigenvalue weighted by Crippen LogP contribution is -2.53. The first-order chi connectivity index (χ1) is 8.85. The zero-order chi connectivity index (χ0) is 14.5. The van der Waals surface area contributed by atoms with Crippen molar-refractivity contribution < 1.29 is 17.9 Å². The van der Waals surface area contributed by atoms with E-state index in [1.165, 1.54) is 4.31 Å². The van der Waals surface area contributed by atoms with Crippen molar-refractivity contribution in [1.82, 2.24) is 14.3 Å². The Morgan fingerprint density at radius 2 is 1.89 bits per heavy atom. The van der Waals surface area contributed by atoms with E-state index < -0.39 is 10.2 Å². The maximum Gasteiger partial charge on any atom is 0.280 e. The second kappa shape index (κ2) is 7.18. The monoisotopic (exact) mass is 293 g/mol. The van der Waals surface area contributed by atoms with E-state index in [2.05, 4.69) is 10.0 Å². The quantitative estimate of drug-likeness (QED) is 0.688. The molecule has 0 saturated carbocycles. The van der Waals surface area contributed by atoms with Crippen molar-refractivity contribution in [1.29, 1.82) is 0 Å². The molecule has 1 saturated heterocycles. The fraction of sp³-hybridized carbons (Fsp3) is 0.909. The highest BCUT2D eigenvalue weighted by molar-refractivity contribution is 7.87. The maximum absolute atomic E-state index is 12.0. The maximum atomic E-state index is 12.0. The Kier molecular flexibility index (Phi) is 6.18. The molecule has 1 amide bonds. The second-order valence-corrected chi connectivity index (χ2v) is 6.51.